The van der Waals surface area contributed by atoms with E-state index in [0.717, 1.165) is 48.5 Å². The van der Waals surface area contributed by atoms with Gasteiger partial charge in [-0.2, -0.15) is 10.4 Å². The fraction of sp³-hybridized carbons (Fsp3) is 0.667. The van der Waals surface area contributed by atoms with E-state index < -0.39 is 0 Å². The Morgan fingerprint density at radius 1 is 1.56 bits per heavy atom. The summed E-state index contributed by atoms with van der Waals surface area (Å²) in [4.78, 5) is 0. The summed E-state index contributed by atoms with van der Waals surface area (Å²) in [5, 5.41) is 14.4. The summed E-state index contributed by atoms with van der Waals surface area (Å²) < 4.78 is 1.83. The maximum absolute atomic E-state index is 9.22. The quantitative estimate of drug-likeness (QED) is 0.811. The minimum absolute atomic E-state index is 0.178. The maximum Gasteiger partial charge on any atom is 0.0850 e. The molecule has 0 N–H and O–H groups in total. The number of hydrogen-bond donors (Lipinski definition) is 0. The second kappa shape index (κ2) is 4.10. The van der Waals surface area contributed by atoms with Crippen LogP contribution < -0.4 is 0 Å². The van der Waals surface area contributed by atoms with E-state index in [1.165, 1.54) is 0 Å². The van der Waals surface area contributed by atoms with Crippen molar-refractivity contribution in [2.75, 3.05) is 0 Å². The molecule has 1 heterocycles. The van der Waals surface area contributed by atoms with Gasteiger partial charge in [-0.05, 0) is 19.3 Å². The minimum Gasteiger partial charge on any atom is -0.271 e. The molecule has 1 aromatic heterocycles. The zero-order chi connectivity index (χ0) is 11.8. The fourth-order valence-electron chi connectivity index (χ4n) is 2.26. The molecule has 0 atom stereocenters. The first-order chi connectivity index (χ1) is 7.62. The lowest BCUT2D eigenvalue weighted by molar-refractivity contribution is 0.210. The third kappa shape index (κ3) is 1.72. The number of rotatable bonds is 3. The van der Waals surface area contributed by atoms with Gasteiger partial charge in [-0.3, -0.25) is 4.68 Å². The van der Waals surface area contributed by atoms with Crippen molar-refractivity contribution in [3.63, 3.8) is 0 Å². The second-order valence-corrected chi connectivity index (χ2v) is 4.98. The summed E-state index contributed by atoms with van der Waals surface area (Å²) in [6, 6.07) is 2.45. The van der Waals surface area contributed by atoms with Gasteiger partial charge in [0.1, 0.15) is 0 Å². The summed E-state index contributed by atoms with van der Waals surface area (Å²) in [5.41, 5.74) is 1.77. The Morgan fingerprint density at radius 2 is 2.25 bits per heavy atom. The molecule has 0 radical (unpaired) electrons. The van der Waals surface area contributed by atoms with E-state index >= 15 is 0 Å². The van der Waals surface area contributed by atoms with Crippen LogP contribution in [0, 0.1) is 16.7 Å². The maximum atomic E-state index is 9.22. The van der Waals surface area contributed by atoms with Crippen molar-refractivity contribution < 1.29 is 0 Å². The third-order valence-corrected chi connectivity index (χ3v) is 3.99. The van der Waals surface area contributed by atoms with Gasteiger partial charge in [0.25, 0.3) is 0 Å². The van der Waals surface area contributed by atoms with Gasteiger partial charge in [0.2, 0.25) is 0 Å². The third-order valence-electron chi connectivity index (χ3n) is 3.56. The molecule has 0 unspecified atom stereocenters. The van der Waals surface area contributed by atoms with Crippen LogP contribution in [-0.4, -0.2) is 9.78 Å². The van der Waals surface area contributed by atoms with E-state index in [9.17, 15) is 5.26 Å². The zero-order valence-corrected chi connectivity index (χ0v) is 10.5. The monoisotopic (exact) mass is 237 g/mol. The average molecular weight is 238 g/mol. The van der Waals surface area contributed by atoms with Crippen molar-refractivity contribution in [3.05, 3.63) is 16.4 Å². The molecule has 1 aromatic rings. The lowest BCUT2D eigenvalue weighted by atomic mass is 9.67. The Kier molecular flexibility index (Phi) is 2.94. The second-order valence-electron chi connectivity index (χ2n) is 4.61. The molecule has 4 heteroatoms. The van der Waals surface area contributed by atoms with E-state index in [2.05, 4.69) is 11.2 Å². The number of nitrogens with zero attached hydrogens (tertiary/aromatic N) is 3. The lowest BCUT2D eigenvalue weighted by Gasteiger charge is -2.35. The van der Waals surface area contributed by atoms with Crippen LogP contribution in [0.5, 0.6) is 0 Å². The Hall–Kier alpha value is -1.01. The van der Waals surface area contributed by atoms with E-state index in [0.29, 0.717) is 0 Å². The number of aromatic nitrogens is 2. The van der Waals surface area contributed by atoms with E-state index in [4.69, 9.17) is 11.6 Å². The normalized spacial score (nSPS) is 17.9. The van der Waals surface area contributed by atoms with Crippen LogP contribution in [0.2, 0.25) is 5.02 Å². The van der Waals surface area contributed by atoms with Crippen LogP contribution in [0.1, 0.15) is 37.6 Å². The Labute approximate surface area is 101 Å². The van der Waals surface area contributed by atoms with Crippen LogP contribution in [0.15, 0.2) is 0 Å². The standard InChI is InChI=1S/C12H16ClN3/c1-3-9-11(13)10(16(2)15-9)7-12(8-14)5-4-6-12/h3-7H2,1-2H3. The summed E-state index contributed by atoms with van der Waals surface area (Å²) in [5.74, 6) is 0. The highest BCUT2D eigenvalue weighted by Gasteiger charge is 2.38. The molecule has 1 saturated carbocycles. The van der Waals surface area contributed by atoms with Gasteiger partial charge in [-0.1, -0.05) is 24.9 Å². The summed E-state index contributed by atoms with van der Waals surface area (Å²) in [6.45, 7) is 2.04. The van der Waals surface area contributed by atoms with E-state index in [1.807, 2.05) is 18.7 Å². The van der Waals surface area contributed by atoms with Crippen LogP contribution in [0.4, 0.5) is 0 Å². The largest absolute Gasteiger partial charge is 0.271 e. The summed E-state index contributed by atoms with van der Waals surface area (Å²) >= 11 is 6.28. The SMILES string of the molecule is CCc1nn(C)c(CC2(C#N)CCC2)c1Cl. The highest BCUT2D eigenvalue weighted by Crippen LogP contribution is 2.44. The molecular formula is C12H16ClN3. The summed E-state index contributed by atoms with van der Waals surface area (Å²) in [7, 11) is 1.91. The fourth-order valence-corrected chi connectivity index (χ4v) is 2.62. The van der Waals surface area contributed by atoms with Gasteiger partial charge in [0.15, 0.2) is 0 Å². The van der Waals surface area contributed by atoms with Crippen LogP contribution in [-0.2, 0) is 19.9 Å². The summed E-state index contributed by atoms with van der Waals surface area (Å²) in [6.07, 6.45) is 4.72. The highest BCUT2D eigenvalue weighted by molar-refractivity contribution is 6.31. The topological polar surface area (TPSA) is 41.6 Å². The van der Waals surface area contributed by atoms with Crippen molar-refractivity contribution in [2.24, 2.45) is 12.5 Å². The first-order valence-electron chi connectivity index (χ1n) is 5.73. The molecule has 0 aliphatic heterocycles. The van der Waals surface area contributed by atoms with Gasteiger partial charge in [-0.25, -0.2) is 0 Å². The Balaban J connectivity index is 2.28. The minimum atomic E-state index is -0.178. The molecule has 1 fully saturated rings. The van der Waals surface area contributed by atoms with E-state index in [1.54, 1.807) is 0 Å². The predicted octanol–water partition coefficient (Wildman–Crippen LogP) is 2.87. The smallest absolute Gasteiger partial charge is 0.0850 e. The number of hydrogen-bond acceptors (Lipinski definition) is 2. The Morgan fingerprint density at radius 3 is 2.62 bits per heavy atom. The number of nitriles is 1. The van der Waals surface area contributed by atoms with Crippen LogP contribution in [0.3, 0.4) is 0 Å². The molecule has 16 heavy (non-hydrogen) atoms. The van der Waals surface area contributed by atoms with Crippen molar-refractivity contribution >= 4 is 11.6 Å². The molecule has 1 aliphatic carbocycles. The van der Waals surface area contributed by atoms with Crippen LogP contribution >= 0.6 is 11.6 Å². The molecule has 0 spiro atoms. The van der Waals surface area contributed by atoms with Crippen molar-refractivity contribution in [2.45, 2.75) is 39.0 Å². The Bertz CT molecular complexity index is 438. The highest BCUT2D eigenvalue weighted by atomic mass is 35.5. The molecular weight excluding hydrogens is 222 g/mol. The molecule has 0 saturated heterocycles. The lowest BCUT2D eigenvalue weighted by Crippen LogP contribution is -2.30. The number of halogens is 1. The predicted molar refractivity (Wildman–Crippen MR) is 63.2 cm³/mol. The van der Waals surface area contributed by atoms with E-state index in [-0.39, 0.29) is 5.41 Å². The molecule has 0 aromatic carbocycles. The van der Waals surface area contributed by atoms with Gasteiger partial charge in [0.05, 0.1) is 27.9 Å². The van der Waals surface area contributed by atoms with Gasteiger partial charge in [0, 0.05) is 13.5 Å². The van der Waals surface area contributed by atoms with Crippen LogP contribution in [0.25, 0.3) is 0 Å². The molecule has 0 bridgehead atoms. The average Bonchev–Trinajstić information content (AvgIpc) is 2.49. The van der Waals surface area contributed by atoms with Crippen molar-refractivity contribution in [1.82, 2.24) is 9.78 Å². The number of aryl methyl sites for hydroxylation is 2. The molecule has 3 nitrogen and oxygen atoms in total. The molecule has 86 valence electrons. The van der Waals surface area contributed by atoms with Gasteiger partial charge in [-0.15, -0.1) is 0 Å². The van der Waals surface area contributed by atoms with Gasteiger partial charge < -0.3 is 0 Å². The molecule has 2 rings (SSSR count). The first-order valence-corrected chi connectivity index (χ1v) is 6.11. The van der Waals surface area contributed by atoms with Crippen molar-refractivity contribution in [1.29, 1.82) is 5.26 Å². The van der Waals surface area contributed by atoms with Crippen molar-refractivity contribution in [3.8, 4) is 6.07 Å². The van der Waals surface area contributed by atoms with Gasteiger partial charge >= 0.3 is 0 Å². The molecule has 0 amide bonds. The molecule has 1 aliphatic rings. The zero-order valence-electron chi connectivity index (χ0n) is 9.76. The first kappa shape index (κ1) is 11.5.